The van der Waals surface area contributed by atoms with Gasteiger partial charge in [-0.3, -0.25) is 4.79 Å². The minimum atomic E-state index is -0.282. The number of aromatic amines is 1. The lowest BCUT2D eigenvalue weighted by molar-refractivity contribution is -0.139. The molecule has 2 aromatic rings. The Hall–Kier alpha value is -2.44. The van der Waals surface area contributed by atoms with Crippen molar-refractivity contribution in [3.8, 4) is 0 Å². The molecule has 0 atom stereocenters. The summed E-state index contributed by atoms with van der Waals surface area (Å²) in [5.74, 6) is 0.412. The molecule has 0 saturated heterocycles. The van der Waals surface area contributed by atoms with Gasteiger partial charge in [-0.05, 0) is 12.5 Å². The van der Waals surface area contributed by atoms with Crippen LogP contribution in [0.15, 0.2) is 24.3 Å². The number of carbonyl (C=O) groups excluding carboxylic acids is 1. The van der Waals surface area contributed by atoms with E-state index in [4.69, 9.17) is 4.74 Å². The summed E-state index contributed by atoms with van der Waals surface area (Å²) in [5.41, 5.74) is 2.37. The zero-order valence-electron chi connectivity index (χ0n) is 10.8. The number of ether oxygens (including phenoxy) is 1. The molecule has 2 aromatic heterocycles. The highest BCUT2D eigenvalue weighted by molar-refractivity contribution is 5.81. The molecule has 0 aliphatic carbocycles. The normalized spacial score (nSPS) is 11.6. The highest BCUT2D eigenvalue weighted by Crippen LogP contribution is 2.13. The molecule has 0 aliphatic rings. The van der Waals surface area contributed by atoms with Crippen molar-refractivity contribution in [1.82, 2.24) is 19.9 Å². The van der Waals surface area contributed by atoms with E-state index >= 15 is 0 Å². The molecule has 0 bridgehead atoms. The first-order valence-corrected chi connectivity index (χ1v) is 5.84. The van der Waals surface area contributed by atoms with Crippen LogP contribution in [0, 0.1) is 0 Å². The molecule has 0 aliphatic heterocycles. The lowest BCUT2D eigenvalue weighted by atomic mass is 10.3. The molecule has 19 heavy (non-hydrogen) atoms. The fourth-order valence-corrected chi connectivity index (χ4v) is 1.50. The van der Waals surface area contributed by atoms with E-state index in [0.717, 1.165) is 11.1 Å². The molecule has 2 heterocycles. The number of rotatable bonds is 5. The molecule has 0 amide bonds. The Kier molecular flexibility index (Phi) is 4.07. The second-order valence-electron chi connectivity index (χ2n) is 4.04. The van der Waals surface area contributed by atoms with E-state index < -0.39 is 0 Å². The molecule has 2 rings (SSSR count). The average Bonchev–Trinajstić information content (AvgIpc) is 2.85. The quantitative estimate of drug-likeness (QED) is 0.622. The first-order chi connectivity index (χ1) is 9.16. The average molecular weight is 261 g/mol. The van der Waals surface area contributed by atoms with Crippen LogP contribution in [0.25, 0.3) is 11.2 Å². The summed E-state index contributed by atoms with van der Waals surface area (Å²) in [7, 11) is 0. The van der Waals surface area contributed by atoms with Crippen molar-refractivity contribution in [3.63, 3.8) is 0 Å². The third kappa shape index (κ3) is 3.51. The van der Waals surface area contributed by atoms with Gasteiger partial charge in [0.05, 0.1) is 6.33 Å². The van der Waals surface area contributed by atoms with Gasteiger partial charge in [-0.25, -0.2) is 15.0 Å². The highest BCUT2D eigenvalue weighted by Gasteiger charge is 2.03. The minimum Gasteiger partial charge on any atom is -0.461 e. The van der Waals surface area contributed by atoms with Gasteiger partial charge in [0.2, 0.25) is 0 Å². The zero-order chi connectivity index (χ0) is 13.7. The maximum atomic E-state index is 10.7. The lowest BCUT2D eigenvalue weighted by Gasteiger charge is -2.05. The molecule has 0 saturated carbocycles. The number of hydrogen-bond donors (Lipinski definition) is 2. The number of fused-ring (bicyclic) bond motifs is 1. The molecule has 100 valence electrons. The number of aromatic nitrogens is 4. The van der Waals surface area contributed by atoms with E-state index in [2.05, 4.69) is 25.3 Å². The van der Waals surface area contributed by atoms with Crippen molar-refractivity contribution in [2.24, 2.45) is 0 Å². The SMILES string of the molecule is CC(=O)OCC(C)=CCNc1ncnc2nc[nH]c12. The van der Waals surface area contributed by atoms with Crippen LogP contribution in [0.2, 0.25) is 0 Å². The molecular weight excluding hydrogens is 246 g/mol. The maximum absolute atomic E-state index is 10.7. The van der Waals surface area contributed by atoms with Crippen molar-refractivity contribution in [3.05, 3.63) is 24.3 Å². The molecule has 0 aromatic carbocycles. The van der Waals surface area contributed by atoms with Crippen molar-refractivity contribution in [1.29, 1.82) is 0 Å². The van der Waals surface area contributed by atoms with Gasteiger partial charge in [-0.1, -0.05) is 6.08 Å². The van der Waals surface area contributed by atoms with Crippen molar-refractivity contribution in [2.75, 3.05) is 18.5 Å². The van der Waals surface area contributed by atoms with E-state index in [-0.39, 0.29) is 5.97 Å². The Balaban J connectivity index is 1.93. The van der Waals surface area contributed by atoms with Crippen LogP contribution in [0.3, 0.4) is 0 Å². The van der Waals surface area contributed by atoms with Gasteiger partial charge < -0.3 is 15.0 Å². The van der Waals surface area contributed by atoms with E-state index in [1.54, 1.807) is 6.33 Å². The Morgan fingerprint density at radius 3 is 3.05 bits per heavy atom. The Labute approximate surface area is 110 Å². The van der Waals surface area contributed by atoms with Crippen molar-refractivity contribution < 1.29 is 9.53 Å². The van der Waals surface area contributed by atoms with E-state index in [0.29, 0.717) is 24.6 Å². The molecule has 0 unspecified atom stereocenters. The summed E-state index contributed by atoms with van der Waals surface area (Å²) in [6.07, 6.45) is 4.97. The number of anilines is 1. The predicted molar refractivity (Wildman–Crippen MR) is 70.6 cm³/mol. The minimum absolute atomic E-state index is 0.282. The monoisotopic (exact) mass is 261 g/mol. The molecule has 0 radical (unpaired) electrons. The summed E-state index contributed by atoms with van der Waals surface area (Å²) in [4.78, 5) is 25.9. The molecular formula is C12H15N5O2. The fraction of sp³-hybridized carbons (Fsp3) is 0.333. The number of nitrogens with zero attached hydrogens (tertiary/aromatic N) is 3. The number of carbonyl (C=O) groups is 1. The van der Waals surface area contributed by atoms with E-state index in [1.165, 1.54) is 13.3 Å². The summed E-state index contributed by atoms with van der Waals surface area (Å²) >= 11 is 0. The van der Waals surface area contributed by atoms with E-state index in [9.17, 15) is 4.79 Å². The summed E-state index contributed by atoms with van der Waals surface area (Å²) < 4.78 is 4.89. The molecule has 0 spiro atoms. The van der Waals surface area contributed by atoms with Crippen LogP contribution in [-0.2, 0) is 9.53 Å². The fourth-order valence-electron chi connectivity index (χ4n) is 1.50. The number of hydrogen-bond acceptors (Lipinski definition) is 6. The lowest BCUT2D eigenvalue weighted by Crippen LogP contribution is -2.05. The van der Waals surface area contributed by atoms with Crippen LogP contribution in [0.4, 0.5) is 5.82 Å². The second-order valence-corrected chi connectivity index (χ2v) is 4.04. The van der Waals surface area contributed by atoms with Gasteiger partial charge in [0.1, 0.15) is 18.5 Å². The molecule has 7 nitrogen and oxygen atoms in total. The Bertz CT molecular complexity index is 605. The number of nitrogens with one attached hydrogen (secondary N) is 2. The highest BCUT2D eigenvalue weighted by atomic mass is 16.5. The standard InChI is InChI=1S/C12H15N5O2/c1-8(5-19-9(2)18)3-4-13-11-10-12(15-6-14-10)17-7-16-11/h3,6-7H,4-5H2,1-2H3,(H2,13,14,15,16,17). The Morgan fingerprint density at radius 2 is 2.26 bits per heavy atom. The summed E-state index contributed by atoms with van der Waals surface area (Å²) in [5, 5.41) is 3.15. The third-order valence-electron chi connectivity index (χ3n) is 2.45. The first-order valence-electron chi connectivity index (χ1n) is 5.84. The smallest absolute Gasteiger partial charge is 0.302 e. The maximum Gasteiger partial charge on any atom is 0.302 e. The van der Waals surface area contributed by atoms with Gasteiger partial charge >= 0.3 is 5.97 Å². The molecule has 0 fully saturated rings. The van der Waals surface area contributed by atoms with Gasteiger partial charge in [0.15, 0.2) is 11.5 Å². The molecule has 2 N–H and O–H groups in total. The number of esters is 1. The van der Waals surface area contributed by atoms with Crippen molar-refractivity contribution in [2.45, 2.75) is 13.8 Å². The van der Waals surface area contributed by atoms with Crippen LogP contribution in [-0.4, -0.2) is 39.1 Å². The predicted octanol–water partition coefficient (Wildman–Crippen LogP) is 1.27. The van der Waals surface area contributed by atoms with Gasteiger partial charge in [-0.15, -0.1) is 0 Å². The second kappa shape index (κ2) is 5.94. The van der Waals surface area contributed by atoms with Crippen molar-refractivity contribution >= 4 is 23.0 Å². The Morgan fingerprint density at radius 1 is 1.42 bits per heavy atom. The van der Waals surface area contributed by atoms with Gasteiger partial charge in [0.25, 0.3) is 0 Å². The molecule has 7 heteroatoms. The van der Waals surface area contributed by atoms with Gasteiger partial charge in [0, 0.05) is 13.5 Å². The first kappa shape index (κ1) is 13.0. The summed E-state index contributed by atoms with van der Waals surface area (Å²) in [6.45, 7) is 4.18. The van der Waals surface area contributed by atoms with Crippen LogP contribution in [0.5, 0.6) is 0 Å². The van der Waals surface area contributed by atoms with Crippen LogP contribution < -0.4 is 5.32 Å². The summed E-state index contributed by atoms with van der Waals surface area (Å²) in [6, 6.07) is 0. The number of imidazole rings is 1. The third-order valence-corrected chi connectivity index (χ3v) is 2.45. The topological polar surface area (TPSA) is 92.8 Å². The number of H-pyrrole nitrogens is 1. The largest absolute Gasteiger partial charge is 0.461 e. The van der Waals surface area contributed by atoms with Gasteiger partial charge in [-0.2, -0.15) is 0 Å². The van der Waals surface area contributed by atoms with Crippen LogP contribution >= 0.6 is 0 Å². The van der Waals surface area contributed by atoms with Crippen LogP contribution in [0.1, 0.15) is 13.8 Å². The van der Waals surface area contributed by atoms with E-state index in [1.807, 2.05) is 13.0 Å². The zero-order valence-corrected chi connectivity index (χ0v) is 10.8.